The number of hydrogen-bond donors (Lipinski definition) is 0. The molecule has 1 heterocycles. The van der Waals surface area contributed by atoms with Gasteiger partial charge in [0.05, 0.1) is 0 Å². The van der Waals surface area contributed by atoms with Gasteiger partial charge in [-0.05, 0) is 44.5 Å². The Kier molecular flexibility index (Phi) is 5.23. The molecule has 1 amide bonds. The topological polar surface area (TPSA) is 32.8 Å². The first-order valence-corrected chi connectivity index (χ1v) is 7.76. The zero-order valence-electron chi connectivity index (χ0n) is 13.6. The second kappa shape index (κ2) is 6.94. The summed E-state index contributed by atoms with van der Waals surface area (Å²) in [5.41, 5.74) is 2.21. The highest BCUT2D eigenvalue weighted by Gasteiger charge is 2.25. The van der Waals surface area contributed by atoms with Gasteiger partial charge in [0.1, 0.15) is 5.75 Å². The average Bonchev–Trinajstić information content (AvgIpc) is 2.50. The number of amides is 1. The van der Waals surface area contributed by atoms with Crippen molar-refractivity contribution >= 4 is 5.91 Å². The van der Waals surface area contributed by atoms with E-state index in [0.717, 1.165) is 49.6 Å². The van der Waals surface area contributed by atoms with Crippen LogP contribution in [0.5, 0.6) is 5.75 Å². The molecule has 0 aliphatic carbocycles. The summed E-state index contributed by atoms with van der Waals surface area (Å²) in [5, 5.41) is 0. The van der Waals surface area contributed by atoms with Gasteiger partial charge in [0, 0.05) is 26.2 Å². The molecular weight excluding hydrogens is 264 g/mol. The Morgan fingerprint density at radius 2 is 1.90 bits per heavy atom. The molecule has 0 saturated carbocycles. The number of aryl methyl sites for hydroxylation is 2. The number of rotatable bonds is 4. The first kappa shape index (κ1) is 15.8. The lowest BCUT2D eigenvalue weighted by Crippen LogP contribution is -2.51. The molecule has 0 spiro atoms. The summed E-state index contributed by atoms with van der Waals surface area (Å²) in [6.07, 6.45) is -0.432. The normalized spacial score (nSPS) is 17.6. The van der Waals surface area contributed by atoms with Crippen LogP contribution in [0.4, 0.5) is 0 Å². The molecule has 116 valence electrons. The Balaban J connectivity index is 1.95. The van der Waals surface area contributed by atoms with Crippen LogP contribution in [0.2, 0.25) is 0 Å². The second-order valence-electron chi connectivity index (χ2n) is 5.79. The fourth-order valence-corrected chi connectivity index (χ4v) is 2.62. The monoisotopic (exact) mass is 290 g/mol. The van der Waals surface area contributed by atoms with Gasteiger partial charge in [0.2, 0.25) is 0 Å². The molecule has 1 atom stereocenters. The lowest BCUT2D eigenvalue weighted by Gasteiger charge is -2.35. The van der Waals surface area contributed by atoms with Crippen molar-refractivity contribution in [1.82, 2.24) is 9.80 Å². The highest BCUT2D eigenvalue weighted by atomic mass is 16.5. The first-order valence-electron chi connectivity index (χ1n) is 7.76. The van der Waals surface area contributed by atoms with Gasteiger partial charge in [-0.25, -0.2) is 0 Å². The highest BCUT2D eigenvalue weighted by molar-refractivity contribution is 5.81. The van der Waals surface area contributed by atoms with E-state index in [-0.39, 0.29) is 5.91 Å². The van der Waals surface area contributed by atoms with Crippen LogP contribution in [-0.2, 0) is 4.79 Å². The van der Waals surface area contributed by atoms with Gasteiger partial charge in [0.15, 0.2) is 6.10 Å². The van der Waals surface area contributed by atoms with Crippen molar-refractivity contribution in [2.24, 2.45) is 0 Å². The lowest BCUT2D eigenvalue weighted by molar-refractivity contribution is -0.139. The number of nitrogens with zero attached hydrogens (tertiary/aromatic N) is 2. The molecule has 21 heavy (non-hydrogen) atoms. The van der Waals surface area contributed by atoms with Crippen LogP contribution in [0.15, 0.2) is 18.2 Å². The van der Waals surface area contributed by atoms with Crippen LogP contribution in [0.25, 0.3) is 0 Å². The van der Waals surface area contributed by atoms with E-state index in [0.29, 0.717) is 0 Å². The maximum absolute atomic E-state index is 12.5. The maximum atomic E-state index is 12.5. The molecule has 4 heteroatoms. The summed E-state index contributed by atoms with van der Waals surface area (Å²) >= 11 is 0. The SMILES string of the molecule is CCN1CCN(C(=O)[C@H](C)Oc2cc(C)ccc2C)CC1. The van der Waals surface area contributed by atoms with E-state index in [9.17, 15) is 4.79 Å². The minimum Gasteiger partial charge on any atom is -0.481 e. The fourth-order valence-electron chi connectivity index (χ4n) is 2.62. The molecule has 1 aliphatic rings. The number of piperazine rings is 1. The van der Waals surface area contributed by atoms with Crippen LogP contribution in [0, 0.1) is 13.8 Å². The predicted molar refractivity (Wildman–Crippen MR) is 84.7 cm³/mol. The predicted octanol–water partition coefficient (Wildman–Crippen LogP) is 2.23. The molecule has 1 fully saturated rings. The molecule has 1 aromatic carbocycles. The van der Waals surface area contributed by atoms with E-state index in [1.54, 1.807) is 0 Å². The minimum atomic E-state index is -0.432. The van der Waals surface area contributed by atoms with Crippen molar-refractivity contribution in [3.8, 4) is 5.75 Å². The number of hydrogen-bond acceptors (Lipinski definition) is 3. The first-order chi connectivity index (χ1) is 10.0. The third kappa shape index (κ3) is 3.97. The molecule has 1 aromatic rings. The Morgan fingerprint density at radius 1 is 1.24 bits per heavy atom. The molecule has 0 aromatic heterocycles. The minimum absolute atomic E-state index is 0.0895. The number of likely N-dealkylation sites (N-methyl/N-ethyl adjacent to an activating group) is 1. The van der Waals surface area contributed by atoms with E-state index in [2.05, 4.69) is 17.9 Å². The Bertz CT molecular complexity index is 494. The van der Waals surface area contributed by atoms with Gasteiger partial charge < -0.3 is 14.5 Å². The van der Waals surface area contributed by atoms with Crippen LogP contribution in [0.1, 0.15) is 25.0 Å². The highest BCUT2D eigenvalue weighted by Crippen LogP contribution is 2.21. The summed E-state index contributed by atoms with van der Waals surface area (Å²) in [5.74, 6) is 0.898. The van der Waals surface area contributed by atoms with Gasteiger partial charge in [-0.3, -0.25) is 4.79 Å². The number of carbonyl (C=O) groups excluding carboxylic acids is 1. The molecule has 0 bridgehead atoms. The van der Waals surface area contributed by atoms with Crippen molar-refractivity contribution in [2.75, 3.05) is 32.7 Å². The van der Waals surface area contributed by atoms with E-state index in [4.69, 9.17) is 4.74 Å². The molecule has 4 nitrogen and oxygen atoms in total. The smallest absolute Gasteiger partial charge is 0.263 e. The summed E-state index contributed by atoms with van der Waals surface area (Å²) in [6, 6.07) is 6.08. The summed E-state index contributed by atoms with van der Waals surface area (Å²) in [4.78, 5) is 16.8. The molecular formula is C17H26N2O2. The van der Waals surface area contributed by atoms with Crippen molar-refractivity contribution in [2.45, 2.75) is 33.8 Å². The standard InChI is InChI=1S/C17H26N2O2/c1-5-18-8-10-19(11-9-18)17(20)15(4)21-16-12-13(2)6-7-14(16)3/h6-7,12,15H,5,8-11H2,1-4H3/t15-/m0/s1. The molecule has 0 radical (unpaired) electrons. The van der Waals surface area contributed by atoms with E-state index in [1.807, 2.05) is 37.8 Å². The van der Waals surface area contributed by atoms with Gasteiger partial charge in [-0.1, -0.05) is 19.1 Å². The van der Waals surface area contributed by atoms with Crippen LogP contribution >= 0.6 is 0 Å². The largest absolute Gasteiger partial charge is 0.481 e. The average molecular weight is 290 g/mol. The van der Waals surface area contributed by atoms with Crippen molar-refractivity contribution in [1.29, 1.82) is 0 Å². The van der Waals surface area contributed by atoms with Gasteiger partial charge >= 0.3 is 0 Å². The van der Waals surface area contributed by atoms with E-state index in [1.165, 1.54) is 0 Å². The molecule has 0 unspecified atom stereocenters. The Morgan fingerprint density at radius 3 is 2.52 bits per heavy atom. The van der Waals surface area contributed by atoms with Gasteiger partial charge in [0.25, 0.3) is 5.91 Å². The molecule has 2 rings (SSSR count). The number of ether oxygens (including phenoxy) is 1. The van der Waals surface area contributed by atoms with E-state index >= 15 is 0 Å². The van der Waals surface area contributed by atoms with Gasteiger partial charge in [-0.15, -0.1) is 0 Å². The summed E-state index contributed by atoms with van der Waals surface area (Å²) in [7, 11) is 0. The molecule has 1 saturated heterocycles. The maximum Gasteiger partial charge on any atom is 0.263 e. The third-order valence-corrected chi connectivity index (χ3v) is 4.13. The van der Waals surface area contributed by atoms with Crippen LogP contribution in [0.3, 0.4) is 0 Å². The Hall–Kier alpha value is -1.55. The van der Waals surface area contributed by atoms with E-state index < -0.39 is 6.10 Å². The molecule has 0 N–H and O–H groups in total. The van der Waals surface area contributed by atoms with Gasteiger partial charge in [-0.2, -0.15) is 0 Å². The van der Waals surface area contributed by atoms with Crippen LogP contribution in [-0.4, -0.2) is 54.5 Å². The number of carbonyl (C=O) groups is 1. The van der Waals surface area contributed by atoms with Crippen LogP contribution < -0.4 is 4.74 Å². The zero-order chi connectivity index (χ0) is 15.4. The number of benzene rings is 1. The fraction of sp³-hybridized carbons (Fsp3) is 0.588. The quantitative estimate of drug-likeness (QED) is 0.852. The van der Waals surface area contributed by atoms with Crippen molar-refractivity contribution < 1.29 is 9.53 Å². The molecule has 1 aliphatic heterocycles. The summed E-state index contributed by atoms with van der Waals surface area (Å²) in [6.45, 7) is 12.6. The third-order valence-electron chi connectivity index (χ3n) is 4.13. The van der Waals surface area contributed by atoms with Crippen molar-refractivity contribution in [3.05, 3.63) is 29.3 Å². The second-order valence-corrected chi connectivity index (χ2v) is 5.79. The Labute approximate surface area is 127 Å². The zero-order valence-corrected chi connectivity index (χ0v) is 13.6. The van der Waals surface area contributed by atoms with Crippen molar-refractivity contribution in [3.63, 3.8) is 0 Å². The summed E-state index contributed by atoms with van der Waals surface area (Å²) < 4.78 is 5.89. The lowest BCUT2D eigenvalue weighted by atomic mass is 10.1.